The van der Waals surface area contributed by atoms with Gasteiger partial charge in [-0.3, -0.25) is 0 Å². The van der Waals surface area contributed by atoms with Crippen LogP contribution in [0.4, 0.5) is 0 Å². The number of aryl methyl sites for hydroxylation is 1. The van der Waals surface area contributed by atoms with Crippen LogP contribution in [0.1, 0.15) is 12.7 Å². The molecule has 0 saturated heterocycles. The number of nitrogens with zero attached hydrogens (tertiary/aromatic N) is 3. The minimum absolute atomic E-state index is 0.781. The van der Waals surface area contributed by atoms with E-state index in [0.717, 1.165) is 31.2 Å². The van der Waals surface area contributed by atoms with E-state index in [2.05, 4.69) is 46.6 Å². The summed E-state index contributed by atoms with van der Waals surface area (Å²) in [6, 6.07) is 10.5. The molecule has 0 fully saturated rings. The first-order chi connectivity index (χ1) is 8.90. The van der Waals surface area contributed by atoms with Crippen molar-refractivity contribution in [3.05, 3.63) is 42.5 Å². The largest absolute Gasteiger partial charge is 0.309 e. The lowest BCUT2D eigenvalue weighted by molar-refractivity contribution is 0.582. The molecule has 1 aromatic heterocycles. The number of rotatable bonds is 7. The molecule has 0 aliphatic carbocycles. The van der Waals surface area contributed by atoms with Crippen LogP contribution in [0.2, 0.25) is 0 Å². The van der Waals surface area contributed by atoms with E-state index in [1.165, 1.54) is 4.90 Å². The van der Waals surface area contributed by atoms with Gasteiger partial charge in [0.25, 0.3) is 0 Å². The van der Waals surface area contributed by atoms with Gasteiger partial charge in [0.05, 0.1) is 6.54 Å². The molecule has 0 atom stereocenters. The molecule has 18 heavy (non-hydrogen) atoms. The van der Waals surface area contributed by atoms with Gasteiger partial charge in [0.2, 0.25) is 0 Å². The monoisotopic (exact) mass is 262 g/mol. The van der Waals surface area contributed by atoms with Crippen LogP contribution in [0.25, 0.3) is 0 Å². The third-order valence-corrected chi connectivity index (χ3v) is 3.58. The molecule has 0 unspecified atom stereocenters. The standard InChI is InChI=1S/C13H18N4S/c1-2-17-13(15-11-16-17)10-14-8-9-18-12-6-4-3-5-7-12/h3-7,11,14H,2,8-10H2,1H3. The molecule has 0 saturated carbocycles. The molecule has 2 aromatic rings. The summed E-state index contributed by atoms with van der Waals surface area (Å²) in [4.78, 5) is 5.54. The maximum Gasteiger partial charge on any atom is 0.140 e. The van der Waals surface area contributed by atoms with Crippen LogP contribution < -0.4 is 5.32 Å². The Labute approximate surface area is 112 Å². The molecule has 4 nitrogen and oxygen atoms in total. The maximum absolute atomic E-state index is 4.23. The van der Waals surface area contributed by atoms with Gasteiger partial charge in [0.15, 0.2) is 0 Å². The van der Waals surface area contributed by atoms with Crippen molar-refractivity contribution in [3.63, 3.8) is 0 Å². The van der Waals surface area contributed by atoms with Crippen molar-refractivity contribution in [2.24, 2.45) is 0 Å². The quantitative estimate of drug-likeness (QED) is 0.613. The Bertz CT molecular complexity index is 455. The highest BCUT2D eigenvalue weighted by Crippen LogP contribution is 2.15. The fraction of sp³-hybridized carbons (Fsp3) is 0.385. The van der Waals surface area contributed by atoms with Gasteiger partial charge < -0.3 is 5.32 Å². The predicted molar refractivity (Wildman–Crippen MR) is 74.6 cm³/mol. The van der Waals surface area contributed by atoms with Gasteiger partial charge in [0, 0.05) is 23.7 Å². The second kappa shape index (κ2) is 7.18. The average Bonchev–Trinajstić information content (AvgIpc) is 2.87. The third-order valence-electron chi connectivity index (χ3n) is 2.57. The fourth-order valence-corrected chi connectivity index (χ4v) is 2.48. The summed E-state index contributed by atoms with van der Waals surface area (Å²) >= 11 is 1.86. The Morgan fingerprint density at radius 3 is 2.89 bits per heavy atom. The highest BCUT2D eigenvalue weighted by molar-refractivity contribution is 7.99. The minimum Gasteiger partial charge on any atom is -0.309 e. The highest BCUT2D eigenvalue weighted by Gasteiger charge is 2.01. The second-order valence-corrected chi connectivity index (χ2v) is 5.00. The van der Waals surface area contributed by atoms with Gasteiger partial charge in [-0.25, -0.2) is 9.67 Å². The molecular formula is C13H18N4S. The van der Waals surface area contributed by atoms with Crippen LogP contribution in [0.15, 0.2) is 41.6 Å². The molecule has 2 rings (SSSR count). The Morgan fingerprint density at radius 1 is 1.28 bits per heavy atom. The van der Waals surface area contributed by atoms with E-state index >= 15 is 0 Å². The van der Waals surface area contributed by atoms with Crippen molar-refractivity contribution in [2.45, 2.75) is 24.9 Å². The van der Waals surface area contributed by atoms with E-state index in [1.807, 2.05) is 22.5 Å². The van der Waals surface area contributed by atoms with E-state index in [9.17, 15) is 0 Å². The van der Waals surface area contributed by atoms with Crippen LogP contribution in [0.5, 0.6) is 0 Å². The summed E-state index contributed by atoms with van der Waals surface area (Å²) in [6.07, 6.45) is 1.61. The lowest BCUT2D eigenvalue weighted by atomic mass is 10.4. The first-order valence-electron chi connectivity index (χ1n) is 6.15. The molecule has 0 spiro atoms. The number of nitrogens with one attached hydrogen (secondary N) is 1. The molecule has 0 bridgehead atoms. The van der Waals surface area contributed by atoms with Crippen molar-refractivity contribution in [1.29, 1.82) is 0 Å². The molecule has 0 aliphatic rings. The predicted octanol–water partition coefficient (Wildman–Crippen LogP) is 2.18. The van der Waals surface area contributed by atoms with Crippen molar-refractivity contribution in [3.8, 4) is 0 Å². The molecule has 0 amide bonds. The van der Waals surface area contributed by atoms with E-state index in [4.69, 9.17) is 0 Å². The Morgan fingerprint density at radius 2 is 2.11 bits per heavy atom. The highest BCUT2D eigenvalue weighted by atomic mass is 32.2. The zero-order valence-electron chi connectivity index (χ0n) is 10.5. The average molecular weight is 262 g/mol. The third kappa shape index (κ3) is 3.85. The number of benzene rings is 1. The molecular weight excluding hydrogens is 244 g/mol. The van der Waals surface area contributed by atoms with Crippen LogP contribution in [-0.4, -0.2) is 27.1 Å². The van der Waals surface area contributed by atoms with E-state index in [1.54, 1.807) is 6.33 Å². The second-order valence-electron chi connectivity index (χ2n) is 3.83. The first-order valence-corrected chi connectivity index (χ1v) is 7.14. The number of hydrogen-bond donors (Lipinski definition) is 1. The Kier molecular flexibility index (Phi) is 5.23. The van der Waals surface area contributed by atoms with Gasteiger partial charge >= 0.3 is 0 Å². The summed E-state index contributed by atoms with van der Waals surface area (Å²) in [5.74, 6) is 2.06. The lowest BCUT2D eigenvalue weighted by Crippen LogP contribution is -2.19. The van der Waals surface area contributed by atoms with Crippen molar-refractivity contribution >= 4 is 11.8 Å². The number of aromatic nitrogens is 3. The van der Waals surface area contributed by atoms with Gasteiger partial charge in [-0.2, -0.15) is 5.10 Å². The van der Waals surface area contributed by atoms with E-state index in [-0.39, 0.29) is 0 Å². The van der Waals surface area contributed by atoms with Gasteiger partial charge in [-0.05, 0) is 19.1 Å². The zero-order chi connectivity index (χ0) is 12.6. The SMILES string of the molecule is CCn1ncnc1CNCCSc1ccccc1. The van der Waals surface area contributed by atoms with Gasteiger partial charge in [-0.1, -0.05) is 18.2 Å². The zero-order valence-corrected chi connectivity index (χ0v) is 11.4. The van der Waals surface area contributed by atoms with E-state index in [0.29, 0.717) is 0 Å². The molecule has 1 aromatic carbocycles. The van der Waals surface area contributed by atoms with Crippen molar-refractivity contribution < 1.29 is 0 Å². The molecule has 0 aliphatic heterocycles. The number of hydrogen-bond acceptors (Lipinski definition) is 4. The van der Waals surface area contributed by atoms with Crippen LogP contribution in [0, 0.1) is 0 Å². The minimum atomic E-state index is 0.781. The van der Waals surface area contributed by atoms with Crippen LogP contribution in [-0.2, 0) is 13.1 Å². The summed E-state index contributed by atoms with van der Waals surface area (Å²) in [5.41, 5.74) is 0. The summed E-state index contributed by atoms with van der Waals surface area (Å²) in [5, 5.41) is 7.53. The normalized spacial score (nSPS) is 10.7. The molecule has 1 N–H and O–H groups in total. The first kappa shape index (κ1) is 13.1. The van der Waals surface area contributed by atoms with Crippen molar-refractivity contribution in [1.82, 2.24) is 20.1 Å². The van der Waals surface area contributed by atoms with Crippen molar-refractivity contribution in [2.75, 3.05) is 12.3 Å². The molecule has 1 heterocycles. The van der Waals surface area contributed by atoms with Gasteiger partial charge in [-0.15, -0.1) is 11.8 Å². The molecule has 0 radical (unpaired) electrons. The maximum atomic E-state index is 4.23. The topological polar surface area (TPSA) is 42.7 Å². The summed E-state index contributed by atoms with van der Waals surface area (Å²) in [7, 11) is 0. The Hall–Kier alpha value is -1.33. The van der Waals surface area contributed by atoms with Gasteiger partial charge in [0.1, 0.15) is 12.2 Å². The smallest absolute Gasteiger partial charge is 0.140 e. The Balaban J connectivity index is 1.65. The molecule has 5 heteroatoms. The summed E-state index contributed by atoms with van der Waals surface area (Å²) < 4.78 is 1.91. The lowest BCUT2D eigenvalue weighted by Gasteiger charge is -2.05. The number of thioether (sulfide) groups is 1. The molecule has 96 valence electrons. The fourth-order valence-electron chi connectivity index (χ4n) is 1.65. The van der Waals surface area contributed by atoms with Crippen LogP contribution in [0.3, 0.4) is 0 Å². The van der Waals surface area contributed by atoms with Crippen LogP contribution >= 0.6 is 11.8 Å². The summed E-state index contributed by atoms with van der Waals surface area (Å²) in [6.45, 7) is 4.69. The van der Waals surface area contributed by atoms with E-state index < -0.39 is 0 Å².